The van der Waals surface area contributed by atoms with E-state index in [1.54, 1.807) is 11.3 Å². The van der Waals surface area contributed by atoms with E-state index in [1.807, 2.05) is 6.20 Å². The van der Waals surface area contributed by atoms with Gasteiger partial charge in [-0.25, -0.2) is 4.98 Å². The maximum absolute atomic E-state index is 5.52. The summed E-state index contributed by atoms with van der Waals surface area (Å²) >= 11 is 1.68. The van der Waals surface area contributed by atoms with Gasteiger partial charge in [-0.2, -0.15) is 0 Å². The van der Waals surface area contributed by atoms with Crippen molar-refractivity contribution < 1.29 is 4.74 Å². The minimum absolute atomic E-state index is 0.700. The molecule has 0 aromatic carbocycles. The maximum atomic E-state index is 5.52. The Hall–Kier alpha value is -0.610. The first-order chi connectivity index (χ1) is 7.36. The molecule has 15 heavy (non-hydrogen) atoms. The van der Waals surface area contributed by atoms with Gasteiger partial charge in [0.1, 0.15) is 0 Å². The molecule has 0 saturated heterocycles. The average Bonchev–Trinajstić information content (AvgIpc) is 2.69. The zero-order chi connectivity index (χ0) is 10.9. The van der Waals surface area contributed by atoms with Crippen LogP contribution < -0.4 is 5.32 Å². The molecule has 0 spiro atoms. The van der Waals surface area contributed by atoms with Crippen LogP contribution in [0.25, 0.3) is 0 Å². The highest BCUT2D eigenvalue weighted by atomic mass is 32.1. The Bertz CT molecular complexity index is 263. The molecular formula is C11H20N2OS. The third-order valence-electron chi connectivity index (χ3n) is 1.97. The fourth-order valence-electron chi connectivity index (χ4n) is 1.11. The Balaban J connectivity index is 2.20. The molecule has 0 atom stereocenters. The van der Waals surface area contributed by atoms with E-state index < -0.39 is 0 Å². The molecule has 0 aliphatic heterocycles. The van der Waals surface area contributed by atoms with Crippen molar-refractivity contribution in [2.75, 3.05) is 18.5 Å². The van der Waals surface area contributed by atoms with Crippen molar-refractivity contribution in [3.8, 4) is 0 Å². The molecule has 0 amide bonds. The summed E-state index contributed by atoms with van der Waals surface area (Å²) in [6, 6.07) is 0. The molecule has 0 aliphatic rings. The zero-order valence-electron chi connectivity index (χ0n) is 9.58. The second-order valence-corrected chi connectivity index (χ2v) is 4.58. The van der Waals surface area contributed by atoms with Crippen molar-refractivity contribution in [3.05, 3.63) is 11.1 Å². The smallest absolute Gasteiger partial charge is 0.182 e. The van der Waals surface area contributed by atoms with Crippen molar-refractivity contribution in [1.82, 2.24) is 4.98 Å². The molecule has 1 aromatic heterocycles. The monoisotopic (exact) mass is 228 g/mol. The van der Waals surface area contributed by atoms with Crippen molar-refractivity contribution in [2.45, 2.75) is 39.7 Å². The van der Waals surface area contributed by atoms with Gasteiger partial charge in [0.2, 0.25) is 0 Å². The Labute approximate surface area is 95.9 Å². The fourth-order valence-corrected chi connectivity index (χ4v) is 1.88. The minimum Gasteiger partial charge on any atom is -0.376 e. The Kier molecular flexibility index (Phi) is 6.36. The number of anilines is 1. The molecule has 3 nitrogen and oxygen atoms in total. The maximum Gasteiger partial charge on any atom is 0.182 e. The van der Waals surface area contributed by atoms with E-state index in [4.69, 9.17) is 4.74 Å². The average molecular weight is 228 g/mol. The van der Waals surface area contributed by atoms with Crippen molar-refractivity contribution in [2.24, 2.45) is 0 Å². The lowest BCUT2D eigenvalue weighted by molar-refractivity contribution is 0.120. The summed E-state index contributed by atoms with van der Waals surface area (Å²) in [7, 11) is 0. The molecular weight excluding hydrogens is 208 g/mol. The summed E-state index contributed by atoms with van der Waals surface area (Å²) < 4.78 is 5.52. The summed E-state index contributed by atoms with van der Waals surface area (Å²) in [5.74, 6) is 0. The molecule has 0 aliphatic carbocycles. The van der Waals surface area contributed by atoms with Gasteiger partial charge in [0.05, 0.1) is 11.5 Å². The van der Waals surface area contributed by atoms with Crippen LogP contribution in [0.15, 0.2) is 6.20 Å². The Morgan fingerprint density at radius 3 is 3.00 bits per heavy atom. The van der Waals surface area contributed by atoms with Gasteiger partial charge in [0.25, 0.3) is 0 Å². The van der Waals surface area contributed by atoms with Gasteiger partial charge < -0.3 is 10.1 Å². The number of nitrogens with zero attached hydrogens (tertiary/aromatic N) is 1. The highest BCUT2D eigenvalue weighted by Crippen LogP contribution is 2.18. The normalized spacial score (nSPS) is 10.5. The third-order valence-corrected chi connectivity index (χ3v) is 2.89. The molecule has 86 valence electrons. The molecule has 1 N–H and O–H groups in total. The Morgan fingerprint density at radius 1 is 1.40 bits per heavy atom. The lowest BCUT2D eigenvalue weighted by atomic mass is 10.4. The van der Waals surface area contributed by atoms with Gasteiger partial charge in [-0.15, -0.1) is 0 Å². The van der Waals surface area contributed by atoms with Gasteiger partial charge in [0, 0.05) is 19.3 Å². The van der Waals surface area contributed by atoms with Gasteiger partial charge in [-0.1, -0.05) is 31.6 Å². The topological polar surface area (TPSA) is 34.1 Å². The van der Waals surface area contributed by atoms with Gasteiger partial charge in [0.15, 0.2) is 5.13 Å². The number of thiazole rings is 1. The van der Waals surface area contributed by atoms with Gasteiger partial charge in [-0.3, -0.25) is 0 Å². The van der Waals surface area contributed by atoms with E-state index in [0.29, 0.717) is 6.61 Å². The first kappa shape index (κ1) is 12.5. The fraction of sp³-hybridized carbons (Fsp3) is 0.727. The van der Waals surface area contributed by atoms with Crippen LogP contribution in [0.2, 0.25) is 0 Å². The number of ether oxygens (including phenoxy) is 1. The summed E-state index contributed by atoms with van der Waals surface area (Å²) in [6.45, 7) is 6.86. The summed E-state index contributed by atoms with van der Waals surface area (Å²) in [6.07, 6.45) is 5.35. The summed E-state index contributed by atoms with van der Waals surface area (Å²) in [5, 5.41) is 4.27. The molecule has 0 radical (unpaired) electrons. The highest BCUT2D eigenvalue weighted by molar-refractivity contribution is 7.15. The molecule has 1 rings (SSSR count). The van der Waals surface area contributed by atoms with Crippen LogP contribution >= 0.6 is 11.3 Å². The largest absolute Gasteiger partial charge is 0.376 e. The molecule has 1 aromatic rings. The van der Waals surface area contributed by atoms with Crippen LogP contribution in [0.4, 0.5) is 5.13 Å². The van der Waals surface area contributed by atoms with Crippen LogP contribution in [0.1, 0.15) is 38.0 Å². The van der Waals surface area contributed by atoms with Crippen LogP contribution in [-0.2, 0) is 11.3 Å². The molecule has 0 unspecified atom stereocenters. The van der Waals surface area contributed by atoms with Crippen LogP contribution in [0, 0.1) is 0 Å². The second-order valence-electron chi connectivity index (χ2n) is 3.46. The van der Waals surface area contributed by atoms with Crippen molar-refractivity contribution >= 4 is 16.5 Å². The standard InChI is InChI=1S/C11H20N2OS/c1-3-5-7-14-9-10-8-13-11(15-10)12-6-4-2/h8H,3-7,9H2,1-2H3,(H,12,13). The lowest BCUT2D eigenvalue weighted by Crippen LogP contribution is -1.97. The first-order valence-electron chi connectivity index (χ1n) is 5.63. The number of rotatable bonds is 8. The SMILES string of the molecule is CCCCOCc1cnc(NCCC)s1. The summed E-state index contributed by atoms with van der Waals surface area (Å²) in [4.78, 5) is 5.48. The van der Waals surface area contributed by atoms with E-state index in [-0.39, 0.29) is 0 Å². The second kappa shape index (κ2) is 7.65. The van der Waals surface area contributed by atoms with Crippen molar-refractivity contribution in [3.63, 3.8) is 0 Å². The van der Waals surface area contributed by atoms with Gasteiger partial charge in [-0.05, 0) is 12.8 Å². The molecule has 0 saturated carbocycles. The van der Waals surface area contributed by atoms with Crippen LogP contribution in [-0.4, -0.2) is 18.1 Å². The first-order valence-corrected chi connectivity index (χ1v) is 6.44. The number of nitrogens with one attached hydrogen (secondary N) is 1. The predicted octanol–water partition coefficient (Wildman–Crippen LogP) is 3.28. The quantitative estimate of drug-likeness (QED) is 0.693. The molecule has 1 heterocycles. The predicted molar refractivity (Wildman–Crippen MR) is 65.5 cm³/mol. The minimum atomic E-state index is 0.700. The van der Waals surface area contributed by atoms with Gasteiger partial charge >= 0.3 is 0 Å². The van der Waals surface area contributed by atoms with E-state index in [0.717, 1.165) is 31.1 Å². The van der Waals surface area contributed by atoms with E-state index in [1.165, 1.54) is 11.3 Å². The van der Waals surface area contributed by atoms with Crippen molar-refractivity contribution in [1.29, 1.82) is 0 Å². The van der Waals surface area contributed by atoms with E-state index >= 15 is 0 Å². The molecule has 0 bridgehead atoms. The van der Waals surface area contributed by atoms with Crippen LogP contribution in [0.3, 0.4) is 0 Å². The highest BCUT2D eigenvalue weighted by Gasteiger charge is 2.00. The van der Waals surface area contributed by atoms with E-state index in [9.17, 15) is 0 Å². The zero-order valence-corrected chi connectivity index (χ0v) is 10.4. The number of unbranched alkanes of at least 4 members (excludes halogenated alkanes) is 1. The number of hydrogen-bond acceptors (Lipinski definition) is 4. The summed E-state index contributed by atoms with van der Waals surface area (Å²) in [5.41, 5.74) is 0. The molecule has 0 fully saturated rings. The Morgan fingerprint density at radius 2 is 2.27 bits per heavy atom. The lowest BCUT2D eigenvalue weighted by Gasteiger charge is -1.99. The third kappa shape index (κ3) is 5.14. The number of aromatic nitrogens is 1. The number of hydrogen-bond donors (Lipinski definition) is 1. The van der Waals surface area contributed by atoms with E-state index in [2.05, 4.69) is 24.1 Å². The molecule has 4 heteroatoms. The van der Waals surface area contributed by atoms with Crippen LogP contribution in [0.5, 0.6) is 0 Å².